The van der Waals surface area contributed by atoms with E-state index in [1.807, 2.05) is 12.1 Å². The van der Waals surface area contributed by atoms with Gasteiger partial charge in [0.1, 0.15) is 5.82 Å². The molecular formula is C11H11Br2F. The van der Waals surface area contributed by atoms with Crippen molar-refractivity contribution in [2.24, 2.45) is 0 Å². The van der Waals surface area contributed by atoms with Crippen LogP contribution in [0.3, 0.4) is 0 Å². The first-order chi connectivity index (χ1) is 6.70. The lowest BCUT2D eigenvalue weighted by atomic mass is 9.97. The van der Waals surface area contributed by atoms with Gasteiger partial charge in [0.15, 0.2) is 0 Å². The summed E-state index contributed by atoms with van der Waals surface area (Å²) in [6.45, 7) is 0. The van der Waals surface area contributed by atoms with Gasteiger partial charge in [-0.3, -0.25) is 0 Å². The molecule has 1 aliphatic rings. The van der Waals surface area contributed by atoms with Gasteiger partial charge in [0, 0.05) is 4.83 Å². The van der Waals surface area contributed by atoms with Crippen molar-refractivity contribution in [1.82, 2.24) is 0 Å². The molecule has 2 atom stereocenters. The second kappa shape index (κ2) is 4.31. The first-order valence-electron chi connectivity index (χ1n) is 4.78. The van der Waals surface area contributed by atoms with Gasteiger partial charge in [-0.25, -0.2) is 4.39 Å². The molecule has 0 aromatic heterocycles. The van der Waals surface area contributed by atoms with Crippen molar-refractivity contribution in [3.8, 4) is 0 Å². The summed E-state index contributed by atoms with van der Waals surface area (Å²) in [5, 5.41) is 0. The molecule has 1 aromatic rings. The lowest BCUT2D eigenvalue weighted by Gasteiger charge is -2.15. The van der Waals surface area contributed by atoms with Crippen LogP contribution >= 0.6 is 31.9 Å². The molecule has 3 heteroatoms. The second-order valence-electron chi connectivity index (χ2n) is 3.70. The van der Waals surface area contributed by atoms with Gasteiger partial charge in [-0.05, 0) is 46.3 Å². The van der Waals surface area contributed by atoms with Crippen molar-refractivity contribution in [3.05, 3.63) is 34.1 Å². The van der Waals surface area contributed by atoms with Gasteiger partial charge in [0.25, 0.3) is 0 Å². The van der Waals surface area contributed by atoms with Gasteiger partial charge in [0.2, 0.25) is 0 Å². The zero-order valence-electron chi connectivity index (χ0n) is 7.64. The van der Waals surface area contributed by atoms with Crippen molar-refractivity contribution >= 4 is 31.9 Å². The number of halogens is 3. The van der Waals surface area contributed by atoms with Crippen molar-refractivity contribution in [2.75, 3.05) is 0 Å². The van der Waals surface area contributed by atoms with Crippen molar-refractivity contribution in [1.29, 1.82) is 0 Å². The van der Waals surface area contributed by atoms with E-state index in [9.17, 15) is 4.39 Å². The van der Waals surface area contributed by atoms with E-state index < -0.39 is 0 Å². The zero-order valence-corrected chi connectivity index (χ0v) is 10.8. The summed E-state index contributed by atoms with van der Waals surface area (Å²) in [7, 11) is 0. The Labute approximate surface area is 100 Å². The summed E-state index contributed by atoms with van der Waals surface area (Å²) in [5.41, 5.74) is 0.846. The summed E-state index contributed by atoms with van der Waals surface area (Å²) < 4.78 is 14.3. The molecule has 0 N–H and O–H groups in total. The van der Waals surface area contributed by atoms with Gasteiger partial charge in [-0.2, -0.15) is 0 Å². The highest BCUT2D eigenvalue weighted by Crippen LogP contribution is 2.41. The maximum Gasteiger partial charge on any atom is 0.140 e. The highest BCUT2D eigenvalue weighted by molar-refractivity contribution is 9.10. The third kappa shape index (κ3) is 1.89. The van der Waals surface area contributed by atoms with Crippen LogP contribution in [0.25, 0.3) is 0 Å². The van der Waals surface area contributed by atoms with E-state index >= 15 is 0 Å². The van der Waals surface area contributed by atoms with Crippen LogP contribution in [0.4, 0.5) is 4.39 Å². The minimum Gasteiger partial charge on any atom is -0.205 e. The Morgan fingerprint density at radius 1 is 1.29 bits per heavy atom. The van der Waals surface area contributed by atoms with E-state index in [0.29, 0.717) is 15.2 Å². The molecule has 0 saturated heterocycles. The Kier molecular flexibility index (Phi) is 3.27. The minimum atomic E-state index is -0.0937. The van der Waals surface area contributed by atoms with E-state index in [2.05, 4.69) is 31.9 Å². The Hall–Kier alpha value is 0.110. The van der Waals surface area contributed by atoms with Crippen LogP contribution in [0.2, 0.25) is 0 Å². The van der Waals surface area contributed by atoms with Gasteiger partial charge in [0.05, 0.1) is 4.47 Å². The predicted octanol–water partition coefficient (Wildman–Crippen LogP) is 4.62. The summed E-state index contributed by atoms with van der Waals surface area (Å²) >= 11 is 6.84. The zero-order chi connectivity index (χ0) is 10.1. The monoisotopic (exact) mass is 320 g/mol. The molecule has 1 fully saturated rings. The first kappa shape index (κ1) is 10.6. The lowest BCUT2D eigenvalue weighted by Crippen LogP contribution is -2.06. The fourth-order valence-electron chi connectivity index (χ4n) is 2.07. The molecule has 2 unspecified atom stereocenters. The highest BCUT2D eigenvalue weighted by atomic mass is 79.9. The molecule has 0 spiro atoms. The van der Waals surface area contributed by atoms with Crippen LogP contribution in [0.15, 0.2) is 22.7 Å². The minimum absolute atomic E-state index is 0.0937. The van der Waals surface area contributed by atoms with E-state index in [1.165, 1.54) is 6.42 Å². The fourth-order valence-corrected chi connectivity index (χ4v) is 3.33. The third-order valence-corrected chi connectivity index (χ3v) is 4.52. The molecule has 2 rings (SSSR count). The molecule has 1 saturated carbocycles. The van der Waals surface area contributed by atoms with Crippen LogP contribution in [0, 0.1) is 5.82 Å². The fraction of sp³-hybridized carbons (Fsp3) is 0.455. The number of alkyl halides is 1. The Bertz CT molecular complexity index is 338. The average molecular weight is 322 g/mol. The average Bonchev–Trinajstić information content (AvgIpc) is 2.57. The molecule has 1 aliphatic carbocycles. The third-order valence-electron chi connectivity index (χ3n) is 2.81. The van der Waals surface area contributed by atoms with Gasteiger partial charge < -0.3 is 0 Å². The lowest BCUT2D eigenvalue weighted by molar-refractivity contribution is 0.578. The molecule has 0 nitrogen and oxygen atoms in total. The number of benzene rings is 1. The topological polar surface area (TPSA) is 0 Å². The molecule has 0 heterocycles. The molecule has 76 valence electrons. The van der Waals surface area contributed by atoms with Crippen LogP contribution in [-0.4, -0.2) is 4.83 Å². The molecule has 0 amide bonds. The standard InChI is InChI=1S/C11H11Br2F/c12-9-5-1-3-7(9)8-4-2-6-10(13)11(8)14/h2,4,6-7,9H,1,3,5H2. The van der Waals surface area contributed by atoms with Gasteiger partial charge >= 0.3 is 0 Å². The normalized spacial score (nSPS) is 26.8. The van der Waals surface area contributed by atoms with Crippen molar-refractivity contribution in [3.63, 3.8) is 0 Å². The number of hydrogen-bond acceptors (Lipinski definition) is 0. The van der Waals surface area contributed by atoms with Crippen LogP contribution in [0.1, 0.15) is 30.7 Å². The SMILES string of the molecule is Fc1c(Br)cccc1C1CCCC1Br. The number of hydrogen-bond donors (Lipinski definition) is 0. The Morgan fingerprint density at radius 2 is 2.07 bits per heavy atom. The predicted molar refractivity (Wildman–Crippen MR) is 63.4 cm³/mol. The van der Waals surface area contributed by atoms with Gasteiger partial charge in [-0.1, -0.05) is 34.5 Å². The van der Waals surface area contributed by atoms with Crippen molar-refractivity contribution < 1.29 is 4.39 Å². The molecule has 0 bridgehead atoms. The van der Waals surface area contributed by atoms with E-state index in [-0.39, 0.29) is 5.82 Å². The molecule has 14 heavy (non-hydrogen) atoms. The maximum atomic E-state index is 13.8. The molecule has 1 aromatic carbocycles. The van der Waals surface area contributed by atoms with Crippen LogP contribution < -0.4 is 0 Å². The van der Waals surface area contributed by atoms with Gasteiger partial charge in [-0.15, -0.1) is 0 Å². The van der Waals surface area contributed by atoms with Crippen molar-refractivity contribution in [2.45, 2.75) is 30.0 Å². The van der Waals surface area contributed by atoms with E-state index in [4.69, 9.17) is 0 Å². The van der Waals surface area contributed by atoms with E-state index in [0.717, 1.165) is 18.4 Å². The van der Waals surface area contributed by atoms with Crippen LogP contribution in [-0.2, 0) is 0 Å². The summed E-state index contributed by atoms with van der Waals surface area (Å²) in [6, 6.07) is 5.54. The smallest absolute Gasteiger partial charge is 0.140 e. The molecular weight excluding hydrogens is 311 g/mol. The summed E-state index contributed by atoms with van der Waals surface area (Å²) in [4.78, 5) is 0.436. The summed E-state index contributed by atoms with van der Waals surface area (Å²) in [5.74, 6) is 0.247. The number of rotatable bonds is 1. The molecule has 0 aliphatic heterocycles. The van der Waals surface area contributed by atoms with E-state index in [1.54, 1.807) is 6.07 Å². The summed E-state index contributed by atoms with van der Waals surface area (Å²) in [6.07, 6.45) is 3.42. The Balaban J connectivity index is 2.36. The maximum absolute atomic E-state index is 13.8. The Morgan fingerprint density at radius 3 is 2.71 bits per heavy atom. The first-order valence-corrected chi connectivity index (χ1v) is 6.49. The second-order valence-corrected chi connectivity index (χ2v) is 5.73. The quantitative estimate of drug-likeness (QED) is 0.662. The molecule has 0 radical (unpaired) electrons. The van der Waals surface area contributed by atoms with Crippen LogP contribution in [0.5, 0.6) is 0 Å². The largest absolute Gasteiger partial charge is 0.205 e. The highest BCUT2D eigenvalue weighted by Gasteiger charge is 2.28.